The van der Waals surface area contributed by atoms with Crippen LogP contribution in [0.1, 0.15) is 44.2 Å². The number of hydrogen-bond acceptors (Lipinski definition) is 3. The van der Waals surface area contributed by atoms with Crippen molar-refractivity contribution in [2.75, 3.05) is 6.54 Å². The number of rotatable bonds is 8. The predicted molar refractivity (Wildman–Crippen MR) is 56.8 cm³/mol. The lowest BCUT2D eigenvalue weighted by atomic mass is 10.1. The van der Waals surface area contributed by atoms with Crippen molar-refractivity contribution in [3.05, 3.63) is 11.9 Å². The molecule has 1 aromatic heterocycles. The monoisotopic (exact) mass is 196 g/mol. The van der Waals surface area contributed by atoms with Crippen LogP contribution in [0.4, 0.5) is 0 Å². The molecular weight excluding hydrogens is 176 g/mol. The van der Waals surface area contributed by atoms with E-state index in [9.17, 15) is 0 Å². The first-order valence-electron chi connectivity index (χ1n) is 5.48. The molecule has 0 saturated carbocycles. The van der Waals surface area contributed by atoms with Crippen LogP contribution in [0.25, 0.3) is 0 Å². The highest BCUT2D eigenvalue weighted by molar-refractivity contribution is 4.89. The minimum atomic E-state index is 0.832. The maximum absolute atomic E-state index is 5.41. The van der Waals surface area contributed by atoms with Crippen LogP contribution in [0.5, 0.6) is 0 Å². The van der Waals surface area contributed by atoms with Crippen molar-refractivity contribution in [2.24, 2.45) is 5.73 Å². The van der Waals surface area contributed by atoms with E-state index >= 15 is 0 Å². The number of unbranched alkanes of at least 4 members (excludes halogenated alkanes) is 5. The number of nitrogens with one attached hydrogen (secondary N) is 1. The Morgan fingerprint density at radius 1 is 1.07 bits per heavy atom. The van der Waals surface area contributed by atoms with Crippen LogP contribution in [0.15, 0.2) is 6.20 Å². The van der Waals surface area contributed by atoms with Gasteiger partial charge in [-0.1, -0.05) is 25.7 Å². The molecule has 0 aliphatic carbocycles. The first-order chi connectivity index (χ1) is 6.93. The molecule has 0 radical (unpaired) electrons. The maximum atomic E-state index is 5.41. The summed E-state index contributed by atoms with van der Waals surface area (Å²) < 4.78 is 0. The average Bonchev–Trinajstić information content (AvgIpc) is 2.69. The molecule has 0 unspecified atom stereocenters. The normalized spacial score (nSPS) is 10.6. The third-order valence-electron chi connectivity index (χ3n) is 2.35. The summed E-state index contributed by atoms with van der Waals surface area (Å²) in [5.41, 5.74) is 6.49. The van der Waals surface area contributed by atoms with E-state index in [0.717, 1.165) is 18.7 Å². The number of nitrogens with two attached hydrogens (primary N) is 1. The van der Waals surface area contributed by atoms with Gasteiger partial charge in [-0.25, -0.2) is 0 Å². The lowest BCUT2D eigenvalue weighted by Gasteiger charge is -1.99. The van der Waals surface area contributed by atoms with E-state index in [4.69, 9.17) is 5.73 Å². The molecule has 4 heteroatoms. The van der Waals surface area contributed by atoms with Crippen molar-refractivity contribution in [3.8, 4) is 0 Å². The van der Waals surface area contributed by atoms with Crippen LogP contribution in [-0.2, 0) is 6.42 Å². The van der Waals surface area contributed by atoms with Gasteiger partial charge in [-0.15, -0.1) is 0 Å². The lowest BCUT2D eigenvalue weighted by Crippen LogP contribution is -1.97. The van der Waals surface area contributed by atoms with Crippen LogP contribution >= 0.6 is 0 Å². The highest BCUT2D eigenvalue weighted by Gasteiger charge is 1.95. The molecule has 0 fully saturated rings. The van der Waals surface area contributed by atoms with Crippen LogP contribution in [-0.4, -0.2) is 22.0 Å². The Morgan fingerprint density at radius 3 is 2.43 bits per heavy atom. The van der Waals surface area contributed by atoms with Crippen molar-refractivity contribution in [1.82, 2.24) is 15.4 Å². The minimum absolute atomic E-state index is 0.832. The van der Waals surface area contributed by atoms with Gasteiger partial charge in [-0.2, -0.15) is 15.4 Å². The molecule has 0 saturated heterocycles. The second-order valence-electron chi connectivity index (χ2n) is 3.62. The van der Waals surface area contributed by atoms with E-state index in [1.807, 2.05) is 0 Å². The second kappa shape index (κ2) is 7.50. The number of aryl methyl sites for hydroxylation is 1. The van der Waals surface area contributed by atoms with Gasteiger partial charge in [-0.3, -0.25) is 0 Å². The van der Waals surface area contributed by atoms with Gasteiger partial charge in [0, 0.05) is 0 Å². The third-order valence-corrected chi connectivity index (χ3v) is 2.35. The van der Waals surface area contributed by atoms with Gasteiger partial charge >= 0.3 is 0 Å². The summed E-state index contributed by atoms with van der Waals surface area (Å²) in [6.07, 6.45) is 10.4. The standard InChI is InChI=1S/C10H20N4/c11-8-6-4-2-1-3-5-7-10-9-12-14-13-10/h9H,1-8,11H2,(H,12,13,14). The fourth-order valence-corrected chi connectivity index (χ4v) is 1.50. The molecule has 0 aliphatic rings. The Balaban J connectivity index is 1.85. The van der Waals surface area contributed by atoms with Crippen LogP contribution in [0.3, 0.4) is 0 Å². The Hall–Kier alpha value is -0.900. The molecule has 0 amide bonds. The van der Waals surface area contributed by atoms with E-state index in [0.29, 0.717) is 0 Å². The zero-order chi connectivity index (χ0) is 10.1. The molecule has 4 nitrogen and oxygen atoms in total. The van der Waals surface area contributed by atoms with Gasteiger partial charge < -0.3 is 5.73 Å². The highest BCUT2D eigenvalue weighted by atomic mass is 15.3. The van der Waals surface area contributed by atoms with Gasteiger partial charge in [0.25, 0.3) is 0 Å². The first kappa shape index (κ1) is 11.2. The number of nitrogens with zero attached hydrogens (tertiary/aromatic N) is 2. The largest absolute Gasteiger partial charge is 0.330 e. The van der Waals surface area contributed by atoms with E-state index in [-0.39, 0.29) is 0 Å². The summed E-state index contributed by atoms with van der Waals surface area (Å²) in [5, 5.41) is 10.4. The quantitative estimate of drug-likeness (QED) is 0.621. The summed E-state index contributed by atoms with van der Waals surface area (Å²) in [7, 11) is 0. The minimum Gasteiger partial charge on any atom is -0.330 e. The van der Waals surface area contributed by atoms with E-state index in [1.165, 1.54) is 38.5 Å². The lowest BCUT2D eigenvalue weighted by molar-refractivity contribution is 0.595. The molecule has 0 atom stereocenters. The van der Waals surface area contributed by atoms with Crippen molar-refractivity contribution in [3.63, 3.8) is 0 Å². The number of H-pyrrole nitrogens is 1. The Morgan fingerprint density at radius 2 is 1.79 bits per heavy atom. The van der Waals surface area contributed by atoms with Gasteiger partial charge in [-0.05, 0) is 25.8 Å². The zero-order valence-corrected chi connectivity index (χ0v) is 8.71. The molecule has 0 spiro atoms. The summed E-state index contributed by atoms with van der Waals surface area (Å²) in [5.74, 6) is 0. The molecule has 1 heterocycles. The predicted octanol–water partition coefficient (Wildman–Crippen LogP) is 1.65. The molecule has 80 valence electrons. The Kier molecular flexibility index (Phi) is 5.99. The van der Waals surface area contributed by atoms with Gasteiger partial charge in [0.15, 0.2) is 0 Å². The SMILES string of the molecule is NCCCCCCCCc1cn[nH]n1. The first-order valence-corrected chi connectivity index (χ1v) is 5.48. The second-order valence-corrected chi connectivity index (χ2v) is 3.62. The smallest absolute Gasteiger partial charge is 0.0824 e. The van der Waals surface area contributed by atoms with E-state index < -0.39 is 0 Å². The van der Waals surface area contributed by atoms with Crippen molar-refractivity contribution < 1.29 is 0 Å². The number of aromatic amines is 1. The van der Waals surface area contributed by atoms with Crippen LogP contribution in [0, 0.1) is 0 Å². The molecule has 0 aromatic carbocycles. The maximum Gasteiger partial charge on any atom is 0.0824 e. The summed E-state index contributed by atoms with van der Waals surface area (Å²) >= 11 is 0. The van der Waals surface area contributed by atoms with Crippen molar-refractivity contribution in [1.29, 1.82) is 0 Å². The van der Waals surface area contributed by atoms with Crippen molar-refractivity contribution >= 4 is 0 Å². The van der Waals surface area contributed by atoms with Gasteiger partial charge in [0.2, 0.25) is 0 Å². The molecular formula is C10H20N4. The number of hydrogen-bond donors (Lipinski definition) is 2. The summed E-state index contributed by atoms with van der Waals surface area (Å²) in [4.78, 5) is 0. The van der Waals surface area contributed by atoms with Crippen LogP contribution < -0.4 is 5.73 Å². The number of aromatic nitrogens is 3. The molecule has 0 bridgehead atoms. The topological polar surface area (TPSA) is 67.6 Å². The third kappa shape index (κ3) is 4.97. The van der Waals surface area contributed by atoms with E-state index in [1.54, 1.807) is 6.20 Å². The summed E-state index contributed by atoms with van der Waals surface area (Å²) in [6, 6.07) is 0. The molecule has 1 rings (SSSR count). The average molecular weight is 196 g/mol. The summed E-state index contributed by atoms with van der Waals surface area (Å²) in [6.45, 7) is 0.832. The van der Waals surface area contributed by atoms with Crippen molar-refractivity contribution in [2.45, 2.75) is 44.9 Å². The molecule has 14 heavy (non-hydrogen) atoms. The van der Waals surface area contributed by atoms with E-state index in [2.05, 4.69) is 15.4 Å². The molecule has 0 aliphatic heterocycles. The highest BCUT2D eigenvalue weighted by Crippen LogP contribution is 2.07. The Bertz CT molecular complexity index is 208. The zero-order valence-electron chi connectivity index (χ0n) is 8.71. The Labute approximate surface area is 85.3 Å². The van der Waals surface area contributed by atoms with Crippen LogP contribution in [0.2, 0.25) is 0 Å². The molecule has 1 aromatic rings. The van der Waals surface area contributed by atoms with Gasteiger partial charge in [0.1, 0.15) is 0 Å². The fourth-order valence-electron chi connectivity index (χ4n) is 1.50. The fraction of sp³-hybridized carbons (Fsp3) is 0.800. The van der Waals surface area contributed by atoms with Gasteiger partial charge in [0.05, 0.1) is 11.9 Å². The molecule has 3 N–H and O–H groups in total.